The molecule has 0 saturated heterocycles. The van der Waals surface area contributed by atoms with Crippen LogP contribution in [0.25, 0.3) is 199 Å². The Morgan fingerprint density at radius 2 is 0.527 bits per heavy atom. The molecule has 0 radical (unpaired) electrons. The molecule has 0 spiro atoms. The van der Waals surface area contributed by atoms with Crippen LogP contribution in [0.3, 0.4) is 0 Å². The van der Waals surface area contributed by atoms with Gasteiger partial charge in [-0.25, -0.2) is 29.9 Å². The van der Waals surface area contributed by atoms with E-state index >= 15 is 0 Å². The van der Waals surface area contributed by atoms with Gasteiger partial charge in [-0.1, -0.05) is 304 Å². The molecule has 2 unspecified atom stereocenters. The highest BCUT2D eigenvalue weighted by Gasteiger charge is 2.26. The highest BCUT2D eigenvalue weighted by molar-refractivity contribution is 6.27. The van der Waals surface area contributed by atoms with E-state index in [9.17, 15) is 0 Å². The second-order valence-electron chi connectivity index (χ2n) is 28.9. The minimum Gasteiger partial charge on any atom is -0.309 e. The summed E-state index contributed by atoms with van der Waals surface area (Å²) in [5, 5.41) is 17.2. The number of rotatable bonds is 12. The first-order chi connectivity index (χ1) is 54.4. The summed E-state index contributed by atoms with van der Waals surface area (Å²) in [4.78, 5) is 31.8. The molecule has 0 N–H and O–H groups in total. The van der Waals surface area contributed by atoms with Crippen molar-refractivity contribution in [2.75, 3.05) is 0 Å². The maximum Gasteiger partial charge on any atom is 0.164 e. The fourth-order valence-electron chi connectivity index (χ4n) is 16.9. The third-order valence-electron chi connectivity index (χ3n) is 22.3. The third kappa shape index (κ3) is 11.3. The Morgan fingerprint density at radius 1 is 0.218 bits per heavy atom. The maximum atomic E-state index is 5.48. The van der Waals surface area contributed by atoms with Crippen molar-refractivity contribution in [3.63, 3.8) is 0 Å². The number of hydrogen-bond acceptors (Lipinski definition) is 6. The summed E-state index contributed by atoms with van der Waals surface area (Å²) in [6, 6.07) is 129. The van der Waals surface area contributed by atoms with Gasteiger partial charge in [-0.15, -0.1) is 0 Å². The molecule has 514 valence electrons. The minimum atomic E-state index is -0.122. The Hall–Kier alpha value is -14.4. The van der Waals surface area contributed by atoms with Crippen molar-refractivity contribution in [3.8, 4) is 107 Å². The molecule has 0 aliphatic heterocycles. The van der Waals surface area contributed by atoms with Crippen LogP contribution in [0, 0.1) is 5.92 Å². The van der Waals surface area contributed by atoms with Gasteiger partial charge in [0.25, 0.3) is 0 Å². The van der Waals surface area contributed by atoms with E-state index in [1.807, 2.05) is 54.6 Å². The van der Waals surface area contributed by atoms with E-state index < -0.39 is 0 Å². The number of nitrogens with zero attached hydrogens (tertiary/aromatic N) is 7. The van der Waals surface area contributed by atoms with E-state index in [0.29, 0.717) is 29.1 Å². The first-order valence-corrected chi connectivity index (χ1v) is 37.7. The van der Waals surface area contributed by atoms with Crippen LogP contribution in [0.5, 0.6) is 0 Å². The highest BCUT2D eigenvalue weighted by Crippen LogP contribution is 2.45. The van der Waals surface area contributed by atoms with Gasteiger partial charge >= 0.3 is 0 Å². The third-order valence-corrected chi connectivity index (χ3v) is 22.3. The van der Waals surface area contributed by atoms with E-state index in [1.54, 1.807) is 0 Å². The van der Waals surface area contributed by atoms with Crippen molar-refractivity contribution >= 4 is 92.0 Å². The van der Waals surface area contributed by atoms with E-state index in [4.69, 9.17) is 29.9 Å². The van der Waals surface area contributed by atoms with Crippen LogP contribution in [0.4, 0.5) is 0 Å². The van der Waals surface area contributed by atoms with Crippen molar-refractivity contribution in [1.82, 2.24) is 34.5 Å². The van der Waals surface area contributed by atoms with Gasteiger partial charge in [-0.05, 0) is 205 Å². The average molecular weight is 1400 g/mol. The molecule has 7 nitrogen and oxygen atoms in total. The van der Waals surface area contributed by atoms with E-state index in [2.05, 4.69) is 333 Å². The summed E-state index contributed by atoms with van der Waals surface area (Å²) in [6.45, 7) is 2.28. The van der Waals surface area contributed by atoms with Gasteiger partial charge in [-0.3, -0.25) is 0 Å². The number of hydrogen-bond donors (Lipinski definition) is 0. The molecular weight excluding hydrogens is 1340 g/mol. The second-order valence-corrected chi connectivity index (χ2v) is 28.9. The molecular formula is C103H67N7. The fraction of sp³-hybridized carbons (Fsp3) is 0.0291. The Morgan fingerprint density at radius 3 is 0.964 bits per heavy atom. The lowest BCUT2D eigenvalue weighted by atomic mass is 9.84. The highest BCUT2D eigenvalue weighted by atomic mass is 15.0. The molecule has 2 atom stereocenters. The number of benzene rings is 17. The summed E-state index contributed by atoms with van der Waals surface area (Å²) in [5.41, 5.74) is 18.9. The van der Waals surface area contributed by atoms with Gasteiger partial charge < -0.3 is 4.57 Å². The summed E-state index contributed by atoms with van der Waals surface area (Å²) < 4.78 is 2.40. The maximum absolute atomic E-state index is 5.48. The molecule has 21 rings (SSSR count). The Balaban J connectivity index is 0.634. The molecule has 3 heterocycles. The van der Waals surface area contributed by atoms with Gasteiger partial charge in [0, 0.05) is 50.2 Å². The molecule has 110 heavy (non-hydrogen) atoms. The van der Waals surface area contributed by atoms with Crippen LogP contribution in [-0.4, -0.2) is 34.5 Å². The van der Waals surface area contributed by atoms with Crippen LogP contribution < -0.4 is 0 Å². The van der Waals surface area contributed by atoms with Crippen molar-refractivity contribution < 1.29 is 0 Å². The summed E-state index contributed by atoms with van der Waals surface area (Å²) in [7, 11) is 0. The van der Waals surface area contributed by atoms with Crippen molar-refractivity contribution in [2.45, 2.75) is 12.8 Å². The zero-order chi connectivity index (χ0) is 72.8. The largest absolute Gasteiger partial charge is 0.309 e. The predicted molar refractivity (Wildman–Crippen MR) is 457 cm³/mol. The lowest BCUT2D eigenvalue weighted by Gasteiger charge is -2.23. The Bertz CT molecular complexity index is 7020. The lowest BCUT2D eigenvalue weighted by Crippen LogP contribution is -2.14. The summed E-state index contributed by atoms with van der Waals surface area (Å²) in [5.74, 6) is 3.76. The Labute approximate surface area is 635 Å². The second kappa shape index (κ2) is 26.6. The van der Waals surface area contributed by atoms with Crippen LogP contribution >= 0.6 is 0 Å². The Kier molecular flexibility index (Phi) is 15.5. The molecule has 1 aliphatic carbocycles. The molecule has 7 heteroatoms. The van der Waals surface area contributed by atoms with E-state index in [-0.39, 0.29) is 11.8 Å². The monoisotopic (exact) mass is 1400 g/mol. The quantitative estimate of drug-likeness (QED) is 0.113. The predicted octanol–water partition coefficient (Wildman–Crippen LogP) is 26.4. The van der Waals surface area contributed by atoms with Gasteiger partial charge in [0.2, 0.25) is 0 Å². The van der Waals surface area contributed by atoms with Gasteiger partial charge in [0.15, 0.2) is 29.1 Å². The normalized spacial score (nSPS) is 13.7. The average Bonchev–Trinajstić information content (AvgIpc) is 0.894. The number of allylic oxidation sites excluding steroid dienone is 4. The summed E-state index contributed by atoms with van der Waals surface area (Å²) >= 11 is 0. The first kappa shape index (κ1) is 64.0. The standard InChI is InChI=1S/C103H67N7/c1-64-54-70(44-50-81(64)103-108-100(69-30-12-5-13-31-69)107-102(109-103)78-57-74(65-24-6-2-7-25-65)55-75(58-78)71-45-51-90-86-36-16-14-32-82(86)84-34-18-20-38-88(84)93(90)61-71)66-42-48-80(49-43-66)110-96-41-23-22-40-92(96)95-63-73(47-53-97(95)110)77-56-76(72-46-52-91-87-37-17-15-33-83(87)85-35-19-21-39-89(85)94(91)62-72)59-79(60-77)101-105-98(67-26-8-3-9-27-67)104-99(106-101)68-28-10-4-11-29-68/h2-64,81H,1H3. The molecule has 17 aromatic carbocycles. The zero-order valence-electron chi connectivity index (χ0n) is 60.1. The minimum absolute atomic E-state index is 0.0518. The van der Waals surface area contributed by atoms with Crippen LogP contribution in [0.15, 0.2) is 376 Å². The summed E-state index contributed by atoms with van der Waals surface area (Å²) in [6.07, 6.45) is 6.92. The molecule has 3 aromatic heterocycles. The van der Waals surface area contributed by atoms with Crippen LogP contribution in [-0.2, 0) is 0 Å². The molecule has 0 saturated carbocycles. The molecule has 20 aromatic rings. The van der Waals surface area contributed by atoms with Crippen molar-refractivity contribution in [3.05, 3.63) is 388 Å². The fourth-order valence-corrected chi connectivity index (χ4v) is 16.9. The smallest absolute Gasteiger partial charge is 0.164 e. The van der Waals surface area contributed by atoms with E-state index in [0.717, 1.165) is 111 Å². The van der Waals surface area contributed by atoms with Gasteiger partial charge in [0.1, 0.15) is 5.82 Å². The van der Waals surface area contributed by atoms with E-state index in [1.165, 1.54) is 70.0 Å². The molecule has 0 amide bonds. The zero-order valence-corrected chi connectivity index (χ0v) is 60.1. The molecule has 0 fully saturated rings. The lowest BCUT2D eigenvalue weighted by molar-refractivity contribution is 0.602. The molecule has 1 aliphatic rings. The van der Waals surface area contributed by atoms with Crippen molar-refractivity contribution in [1.29, 1.82) is 0 Å². The van der Waals surface area contributed by atoms with Crippen LogP contribution in [0.2, 0.25) is 0 Å². The van der Waals surface area contributed by atoms with Crippen molar-refractivity contribution in [2.24, 2.45) is 5.92 Å². The van der Waals surface area contributed by atoms with Gasteiger partial charge in [-0.2, -0.15) is 0 Å². The first-order valence-electron chi connectivity index (χ1n) is 37.7. The number of aromatic nitrogens is 7. The van der Waals surface area contributed by atoms with Gasteiger partial charge in [0.05, 0.1) is 11.0 Å². The SMILES string of the molecule is CC1C=C(c2ccc(-n3c4ccccc4c4cc(-c5cc(-c6ccc7c8ccccc8c8ccccc8c7c6)cc(-c6nc(-c7ccccc7)nc(-c7ccccc7)n6)c5)ccc43)cc2)C=CC1c1nc(-c2ccccc2)nc(-c2cc(-c3ccccc3)cc(-c3ccc4c5ccccc5c5ccccc5c4c3)c2)n1. The number of fused-ring (bicyclic) bond motifs is 15. The topological polar surface area (TPSA) is 82.3 Å². The van der Waals surface area contributed by atoms with Crippen LogP contribution in [0.1, 0.15) is 24.2 Å². The molecule has 0 bridgehead atoms. The number of para-hydroxylation sites is 1.